The average Bonchev–Trinajstić information content (AvgIpc) is 3.32. The molecule has 200 valence electrons. The average molecular weight is 527 g/mol. The summed E-state index contributed by atoms with van der Waals surface area (Å²) in [5.74, 6) is -3.00. The van der Waals surface area contributed by atoms with Crippen molar-refractivity contribution in [2.45, 2.75) is 38.8 Å². The van der Waals surface area contributed by atoms with Gasteiger partial charge in [0.25, 0.3) is 0 Å². The molecule has 3 atom stereocenters. The zero-order chi connectivity index (χ0) is 27.2. The highest BCUT2D eigenvalue weighted by Crippen LogP contribution is 2.42. The first-order valence-electron chi connectivity index (χ1n) is 12.3. The van der Waals surface area contributed by atoms with E-state index >= 15 is 0 Å². The number of ether oxygens (including phenoxy) is 1. The summed E-state index contributed by atoms with van der Waals surface area (Å²) in [6.07, 6.45) is 5.12. The molecule has 2 aromatic carbocycles. The maximum atomic E-state index is 14.3. The number of amidine groups is 1. The topological polar surface area (TPSA) is 72.1 Å². The van der Waals surface area contributed by atoms with E-state index in [4.69, 9.17) is 9.57 Å². The Balaban J connectivity index is 1.57. The van der Waals surface area contributed by atoms with Crippen molar-refractivity contribution in [1.29, 1.82) is 0 Å². The molecule has 1 fully saturated rings. The molecule has 3 heterocycles. The second kappa shape index (κ2) is 9.83. The zero-order valence-electron chi connectivity index (χ0n) is 21.6. The molecule has 10 heteroatoms. The van der Waals surface area contributed by atoms with Crippen LogP contribution in [0.3, 0.4) is 0 Å². The highest BCUT2D eigenvalue weighted by Gasteiger charge is 2.51. The number of imidazole rings is 1. The molecule has 0 bridgehead atoms. The number of methoxy groups -OCH3 is 1. The van der Waals surface area contributed by atoms with Crippen LogP contribution in [0, 0.1) is 30.3 Å². The van der Waals surface area contributed by atoms with Crippen molar-refractivity contribution in [1.82, 2.24) is 14.5 Å². The van der Waals surface area contributed by atoms with Crippen LogP contribution in [0.15, 0.2) is 53.6 Å². The van der Waals surface area contributed by atoms with Gasteiger partial charge in [-0.1, -0.05) is 18.1 Å². The summed E-state index contributed by atoms with van der Waals surface area (Å²) in [5, 5.41) is 15.3. The summed E-state index contributed by atoms with van der Waals surface area (Å²) in [6, 6.07) is 7.61. The summed E-state index contributed by atoms with van der Waals surface area (Å²) in [7, 11) is 1.60. The van der Waals surface area contributed by atoms with Gasteiger partial charge in [0.1, 0.15) is 17.9 Å². The highest BCUT2D eigenvalue weighted by atomic mass is 19.2. The van der Waals surface area contributed by atoms with Crippen LogP contribution >= 0.6 is 0 Å². The second-order valence-electron chi connectivity index (χ2n) is 9.99. The number of fused-ring (bicyclic) bond motifs is 1. The number of benzene rings is 2. The number of piperidine rings is 1. The van der Waals surface area contributed by atoms with Gasteiger partial charge in [-0.3, -0.25) is 0 Å². The summed E-state index contributed by atoms with van der Waals surface area (Å²) in [4.78, 5) is 11.7. The fourth-order valence-electron chi connectivity index (χ4n) is 5.34. The molecule has 3 unspecified atom stereocenters. The molecule has 1 N–H and O–H groups in total. The fraction of sp³-hybridized carbons (Fsp3) is 0.357. The van der Waals surface area contributed by atoms with Crippen molar-refractivity contribution in [3.05, 3.63) is 82.7 Å². The van der Waals surface area contributed by atoms with Crippen LogP contribution < -0.4 is 4.74 Å². The number of oxime groups is 1. The van der Waals surface area contributed by atoms with Crippen molar-refractivity contribution < 1.29 is 27.9 Å². The Morgan fingerprint density at radius 1 is 1.21 bits per heavy atom. The number of hydrogen-bond donors (Lipinski definition) is 1. The number of hydrogen-bond acceptors (Lipinski definition) is 6. The maximum absolute atomic E-state index is 14.3. The van der Waals surface area contributed by atoms with Crippen LogP contribution in [0.1, 0.15) is 37.1 Å². The Morgan fingerprint density at radius 2 is 1.95 bits per heavy atom. The predicted molar refractivity (Wildman–Crippen MR) is 136 cm³/mol. The van der Waals surface area contributed by atoms with Gasteiger partial charge in [0, 0.05) is 12.7 Å². The zero-order valence-corrected chi connectivity index (χ0v) is 21.6. The summed E-state index contributed by atoms with van der Waals surface area (Å²) < 4.78 is 49.9. The molecule has 38 heavy (non-hydrogen) atoms. The number of rotatable bonds is 5. The van der Waals surface area contributed by atoms with Crippen molar-refractivity contribution in [2.75, 3.05) is 20.3 Å². The van der Waals surface area contributed by atoms with E-state index in [2.05, 4.69) is 10.1 Å². The molecule has 1 aromatic heterocycles. The predicted octanol–water partition coefficient (Wildman–Crippen LogP) is 4.95. The minimum Gasteiger partial charge on any atom is -0.495 e. The fourth-order valence-corrected chi connectivity index (χ4v) is 5.34. The van der Waals surface area contributed by atoms with E-state index < -0.39 is 29.1 Å². The summed E-state index contributed by atoms with van der Waals surface area (Å²) >= 11 is 0. The minimum absolute atomic E-state index is 0.0754. The van der Waals surface area contributed by atoms with Gasteiger partial charge in [-0.25, -0.2) is 18.2 Å². The lowest BCUT2D eigenvalue weighted by Gasteiger charge is -2.52. The van der Waals surface area contributed by atoms with Crippen LogP contribution in [0.5, 0.6) is 5.75 Å². The molecule has 0 spiro atoms. The molecule has 2 aliphatic rings. The molecule has 5 rings (SSSR count). The monoisotopic (exact) mass is 526 g/mol. The highest BCUT2D eigenvalue weighted by molar-refractivity contribution is 6.03. The van der Waals surface area contributed by atoms with Gasteiger partial charge >= 0.3 is 0 Å². The number of aromatic nitrogens is 2. The standard InChI is InChI=1S/C28H29F3N4O3/c1-16-7-20(8-19-5-6-24(25(9-19)37-4)34-13-17(2)32-15-34)27-33-38-14-28(18(3)36,35(27)12-16)21-10-22(29)26(31)23(30)11-21/h5-6,8-11,13,15-16,18,36H,7,12,14H2,1-4H3/b20-8+. The van der Waals surface area contributed by atoms with E-state index in [1.807, 2.05) is 53.8 Å². The van der Waals surface area contributed by atoms with Gasteiger partial charge in [-0.2, -0.15) is 0 Å². The molecule has 0 radical (unpaired) electrons. The van der Waals surface area contributed by atoms with E-state index in [1.165, 1.54) is 6.92 Å². The number of aryl methyl sites for hydroxylation is 1. The Morgan fingerprint density at radius 3 is 2.58 bits per heavy atom. The first-order valence-corrected chi connectivity index (χ1v) is 12.3. The molecule has 0 aliphatic carbocycles. The number of nitrogens with zero attached hydrogens (tertiary/aromatic N) is 4. The first kappa shape index (κ1) is 25.8. The maximum Gasteiger partial charge on any atom is 0.194 e. The van der Waals surface area contributed by atoms with Crippen LogP contribution in [0.4, 0.5) is 13.2 Å². The van der Waals surface area contributed by atoms with Gasteiger partial charge in [-0.15, -0.1) is 0 Å². The van der Waals surface area contributed by atoms with Crippen molar-refractivity contribution in [3.63, 3.8) is 0 Å². The van der Waals surface area contributed by atoms with E-state index in [0.717, 1.165) is 34.7 Å². The third-order valence-electron chi connectivity index (χ3n) is 7.23. The SMILES string of the molecule is COc1cc(/C=C2\CC(C)CN3C2=NOCC3(c2cc(F)c(F)c(F)c2)C(C)O)ccc1-n1cnc(C)c1. The third-order valence-corrected chi connectivity index (χ3v) is 7.23. The smallest absolute Gasteiger partial charge is 0.194 e. The second-order valence-corrected chi connectivity index (χ2v) is 9.99. The van der Waals surface area contributed by atoms with Crippen LogP contribution in [0.25, 0.3) is 11.8 Å². The molecule has 0 saturated carbocycles. The van der Waals surface area contributed by atoms with Crippen LogP contribution in [-0.2, 0) is 10.4 Å². The summed E-state index contributed by atoms with van der Waals surface area (Å²) in [6.45, 7) is 5.77. The van der Waals surface area contributed by atoms with Gasteiger partial charge in [-0.05, 0) is 73.2 Å². The van der Waals surface area contributed by atoms with Crippen LogP contribution in [-0.4, -0.2) is 51.8 Å². The molecule has 1 saturated heterocycles. The number of halogens is 3. The van der Waals surface area contributed by atoms with Gasteiger partial charge in [0.05, 0.1) is 30.9 Å². The van der Waals surface area contributed by atoms with Crippen molar-refractivity contribution in [3.8, 4) is 11.4 Å². The van der Waals surface area contributed by atoms with E-state index in [9.17, 15) is 18.3 Å². The number of aliphatic hydroxyl groups is 1. The Labute approximate surface area is 218 Å². The van der Waals surface area contributed by atoms with Gasteiger partial charge in [0.2, 0.25) is 0 Å². The normalized spacial score (nSPS) is 23.1. The first-order chi connectivity index (χ1) is 18.1. The molecule has 0 amide bonds. The van der Waals surface area contributed by atoms with E-state index in [1.54, 1.807) is 13.4 Å². The Kier molecular flexibility index (Phi) is 6.68. The molecule has 2 aliphatic heterocycles. The molecular weight excluding hydrogens is 497 g/mol. The van der Waals surface area contributed by atoms with Crippen molar-refractivity contribution >= 4 is 11.9 Å². The minimum atomic E-state index is -1.56. The molecule has 7 nitrogen and oxygen atoms in total. The van der Waals surface area contributed by atoms with E-state index in [-0.39, 0.29) is 18.1 Å². The molecular formula is C28H29F3N4O3. The molecule has 3 aromatic rings. The van der Waals surface area contributed by atoms with Gasteiger partial charge < -0.3 is 24.1 Å². The Bertz CT molecular complexity index is 1410. The quantitative estimate of drug-likeness (QED) is 0.477. The van der Waals surface area contributed by atoms with Crippen LogP contribution in [0.2, 0.25) is 0 Å². The lowest BCUT2D eigenvalue weighted by atomic mass is 9.79. The Hall–Kier alpha value is -3.79. The van der Waals surface area contributed by atoms with Gasteiger partial charge in [0.15, 0.2) is 23.3 Å². The van der Waals surface area contributed by atoms with E-state index in [0.29, 0.717) is 24.6 Å². The summed E-state index contributed by atoms with van der Waals surface area (Å²) in [5.41, 5.74) is 2.09. The third kappa shape index (κ3) is 4.32. The van der Waals surface area contributed by atoms with Crippen molar-refractivity contribution in [2.24, 2.45) is 11.1 Å². The largest absolute Gasteiger partial charge is 0.495 e. The lowest BCUT2D eigenvalue weighted by Crippen LogP contribution is -2.63. The number of aliphatic hydroxyl groups excluding tert-OH is 1. The lowest BCUT2D eigenvalue weighted by molar-refractivity contribution is -0.0783.